The van der Waals surface area contributed by atoms with Crippen molar-refractivity contribution in [1.82, 2.24) is 4.90 Å². The Kier molecular flexibility index (Phi) is 5.30. The van der Waals surface area contributed by atoms with E-state index in [1.807, 2.05) is 17.0 Å². The van der Waals surface area contributed by atoms with E-state index >= 15 is 0 Å². The summed E-state index contributed by atoms with van der Waals surface area (Å²) in [7, 11) is 0. The molecule has 0 radical (unpaired) electrons. The van der Waals surface area contributed by atoms with Crippen LogP contribution in [0.1, 0.15) is 28.8 Å². The summed E-state index contributed by atoms with van der Waals surface area (Å²) in [5, 5.41) is 11.1. The Labute approximate surface area is 168 Å². The zero-order valence-electron chi connectivity index (χ0n) is 15.6. The summed E-state index contributed by atoms with van der Waals surface area (Å²) in [4.78, 5) is 14.7. The number of carbonyl (C=O) groups is 1. The van der Waals surface area contributed by atoms with Crippen LogP contribution in [0.5, 0.6) is 5.75 Å². The van der Waals surface area contributed by atoms with Crippen molar-refractivity contribution in [3.8, 4) is 5.75 Å². The van der Waals surface area contributed by atoms with Crippen LogP contribution < -0.4 is 4.74 Å². The second-order valence-electron chi connectivity index (χ2n) is 7.85. The Balaban J connectivity index is 1.43. The van der Waals surface area contributed by atoms with Crippen LogP contribution in [-0.2, 0) is 0 Å². The maximum Gasteiger partial charge on any atom is 0.253 e. The number of ether oxygens (including phenoxy) is 1. The number of rotatable bonds is 3. The molecule has 2 aliphatic rings. The second kappa shape index (κ2) is 7.72. The molecule has 1 aliphatic heterocycles. The first-order chi connectivity index (χ1) is 13.4. The van der Waals surface area contributed by atoms with Crippen LogP contribution in [0.4, 0.5) is 4.39 Å². The first kappa shape index (κ1) is 19.2. The number of amides is 1. The maximum absolute atomic E-state index is 13.5. The summed E-state index contributed by atoms with van der Waals surface area (Å²) < 4.78 is 19.5. The number of hydrogen-bond donors (Lipinski definition) is 1. The SMILES string of the molecule is Cc1cc(C(=O)N2C[C@H]3C[C@@H](Oc4cccc(Cl)c4)[C@H](O)C[C@H]3C2)ccc1F. The molecule has 2 aromatic carbocycles. The van der Waals surface area contributed by atoms with Gasteiger partial charge in [0.25, 0.3) is 5.91 Å². The lowest BCUT2D eigenvalue weighted by atomic mass is 9.78. The third kappa shape index (κ3) is 3.87. The van der Waals surface area contributed by atoms with Crippen molar-refractivity contribution in [3.05, 3.63) is 64.4 Å². The molecule has 0 aromatic heterocycles. The van der Waals surface area contributed by atoms with Gasteiger partial charge in [0, 0.05) is 23.7 Å². The number of aryl methyl sites for hydroxylation is 1. The largest absolute Gasteiger partial charge is 0.488 e. The molecule has 1 heterocycles. The number of benzene rings is 2. The van der Waals surface area contributed by atoms with Crippen LogP contribution in [0.2, 0.25) is 5.02 Å². The standard InChI is InChI=1S/C22H23ClFNO3/c1-13-7-14(5-6-19(13)24)22(27)25-11-15-8-20(26)21(9-16(15)12-25)28-18-4-2-3-17(23)10-18/h2-7,10,15-16,20-21,26H,8-9,11-12H2,1H3/t15-,16+,20+,21+/m0/s1. The van der Waals surface area contributed by atoms with Gasteiger partial charge in [-0.1, -0.05) is 17.7 Å². The van der Waals surface area contributed by atoms with E-state index in [1.165, 1.54) is 12.1 Å². The van der Waals surface area contributed by atoms with Crippen molar-refractivity contribution >= 4 is 17.5 Å². The van der Waals surface area contributed by atoms with Gasteiger partial charge >= 0.3 is 0 Å². The van der Waals surface area contributed by atoms with Gasteiger partial charge in [-0.2, -0.15) is 0 Å². The van der Waals surface area contributed by atoms with Crippen LogP contribution in [0.25, 0.3) is 0 Å². The molecule has 0 bridgehead atoms. The van der Waals surface area contributed by atoms with Crippen LogP contribution in [0.3, 0.4) is 0 Å². The third-order valence-corrected chi connectivity index (χ3v) is 6.10. The number of carbonyl (C=O) groups excluding carboxylic acids is 1. The van der Waals surface area contributed by atoms with E-state index in [9.17, 15) is 14.3 Å². The highest BCUT2D eigenvalue weighted by Gasteiger charge is 2.44. The average molecular weight is 404 g/mol. The van der Waals surface area contributed by atoms with Gasteiger partial charge in [-0.05, 0) is 73.6 Å². The van der Waals surface area contributed by atoms with E-state index in [0.717, 1.165) is 0 Å². The molecule has 0 unspecified atom stereocenters. The Hall–Kier alpha value is -2.11. The molecule has 6 heteroatoms. The fraction of sp³-hybridized carbons (Fsp3) is 0.409. The summed E-state index contributed by atoms with van der Waals surface area (Å²) in [6.45, 7) is 2.90. The van der Waals surface area contributed by atoms with Crippen LogP contribution in [0.15, 0.2) is 42.5 Å². The van der Waals surface area contributed by atoms with Gasteiger partial charge in [0.1, 0.15) is 17.7 Å². The number of likely N-dealkylation sites (tertiary alicyclic amines) is 1. The van der Waals surface area contributed by atoms with E-state index in [2.05, 4.69) is 0 Å². The molecule has 1 aliphatic carbocycles. The van der Waals surface area contributed by atoms with Gasteiger partial charge in [-0.25, -0.2) is 4.39 Å². The van der Waals surface area contributed by atoms with E-state index in [1.54, 1.807) is 25.1 Å². The monoisotopic (exact) mass is 403 g/mol. The van der Waals surface area contributed by atoms with Gasteiger partial charge < -0.3 is 14.7 Å². The fourth-order valence-electron chi connectivity index (χ4n) is 4.36. The molecule has 0 spiro atoms. The lowest BCUT2D eigenvalue weighted by Crippen LogP contribution is -2.42. The fourth-order valence-corrected chi connectivity index (χ4v) is 4.54. The topological polar surface area (TPSA) is 49.8 Å². The predicted octanol–water partition coefficient (Wildman–Crippen LogP) is 4.08. The minimum absolute atomic E-state index is 0.0840. The summed E-state index contributed by atoms with van der Waals surface area (Å²) in [6, 6.07) is 11.6. The van der Waals surface area contributed by atoms with Gasteiger partial charge in [0.2, 0.25) is 0 Å². The van der Waals surface area contributed by atoms with E-state index < -0.39 is 6.10 Å². The third-order valence-electron chi connectivity index (χ3n) is 5.86. The molecule has 4 atom stereocenters. The Morgan fingerprint density at radius 2 is 1.93 bits per heavy atom. The lowest BCUT2D eigenvalue weighted by Gasteiger charge is -2.35. The van der Waals surface area contributed by atoms with Crippen LogP contribution in [0, 0.1) is 24.6 Å². The van der Waals surface area contributed by atoms with Crippen molar-refractivity contribution in [2.45, 2.75) is 32.0 Å². The lowest BCUT2D eigenvalue weighted by molar-refractivity contribution is -0.0231. The number of halogens is 2. The van der Waals surface area contributed by atoms with Gasteiger partial charge in [0.15, 0.2) is 0 Å². The van der Waals surface area contributed by atoms with Crippen molar-refractivity contribution in [2.24, 2.45) is 11.8 Å². The molecular weight excluding hydrogens is 381 g/mol. The van der Waals surface area contributed by atoms with Gasteiger partial charge in [-0.15, -0.1) is 0 Å². The van der Waals surface area contributed by atoms with E-state index in [0.29, 0.717) is 47.8 Å². The predicted molar refractivity (Wildman–Crippen MR) is 105 cm³/mol. The smallest absolute Gasteiger partial charge is 0.253 e. The first-order valence-electron chi connectivity index (χ1n) is 9.56. The summed E-state index contributed by atoms with van der Waals surface area (Å²) in [5.74, 6) is 0.774. The highest BCUT2D eigenvalue weighted by molar-refractivity contribution is 6.30. The number of aliphatic hydroxyl groups excluding tert-OH is 1. The number of aliphatic hydroxyl groups is 1. The van der Waals surface area contributed by atoms with Crippen molar-refractivity contribution in [3.63, 3.8) is 0 Å². The molecule has 4 nitrogen and oxygen atoms in total. The molecular formula is C22H23ClFNO3. The molecule has 4 rings (SSSR count). The molecule has 1 amide bonds. The summed E-state index contributed by atoms with van der Waals surface area (Å²) in [6.07, 6.45) is 0.387. The molecule has 1 saturated heterocycles. The van der Waals surface area contributed by atoms with E-state index in [4.69, 9.17) is 16.3 Å². The highest BCUT2D eigenvalue weighted by Crippen LogP contribution is 2.38. The normalized spacial score (nSPS) is 26.8. The molecule has 148 valence electrons. The number of fused-ring (bicyclic) bond motifs is 1. The Bertz CT molecular complexity index is 890. The second-order valence-corrected chi connectivity index (χ2v) is 8.28. The van der Waals surface area contributed by atoms with Crippen molar-refractivity contribution in [1.29, 1.82) is 0 Å². The highest BCUT2D eigenvalue weighted by atomic mass is 35.5. The molecule has 2 aromatic rings. The first-order valence-corrected chi connectivity index (χ1v) is 9.94. The minimum Gasteiger partial charge on any atom is -0.488 e. The van der Waals surface area contributed by atoms with Gasteiger partial charge in [0.05, 0.1) is 6.10 Å². The molecule has 1 saturated carbocycles. The Morgan fingerprint density at radius 3 is 2.64 bits per heavy atom. The summed E-state index contributed by atoms with van der Waals surface area (Å²) in [5.41, 5.74) is 0.970. The van der Waals surface area contributed by atoms with Crippen LogP contribution >= 0.6 is 11.6 Å². The molecule has 1 N–H and O–H groups in total. The maximum atomic E-state index is 13.5. The zero-order valence-corrected chi connectivity index (χ0v) is 16.4. The minimum atomic E-state index is -0.580. The van der Waals surface area contributed by atoms with E-state index in [-0.39, 0.29) is 29.7 Å². The zero-order chi connectivity index (χ0) is 19.8. The molecule has 28 heavy (non-hydrogen) atoms. The Morgan fingerprint density at radius 1 is 1.18 bits per heavy atom. The van der Waals surface area contributed by atoms with Gasteiger partial charge in [-0.3, -0.25) is 4.79 Å². The van der Waals surface area contributed by atoms with Crippen LogP contribution in [-0.4, -0.2) is 41.2 Å². The number of hydrogen-bond acceptors (Lipinski definition) is 3. The van der Waals surface area contributed by atoms with Crippen molar-refractivity contribution in [2.75, 3.05) is 13.1 Å². The van der Waals surface area contributed by atoms with Crippen molar-refractivity contribution < 1.29 is 19.0 Å². The quantitative estimate of drug-likeness (QED) is 0.840. The summed E-state index contributed by atoms with van der Waals surface area (Å²) >= 11 is 6.01. The average Bonchev–Trinajstić information content (AvgIpc) is 3.06. The number of nitrogens with zero attached hydrogens (tertiary/aromatic N) is 1. The molecule has 2 fully saturated rings.